The summed E-state index contributed by atoms with van der Waals surface area (Å²) in [5.74, 6) is -2.81. The minimum Gasteiger partial charge on any atom is -0.481 e. The van der Waals surface area contributed by atoms with Crippen molar-refractivity contribution in [3.63, 3.8) is 0 Å². The Labute approximate surface area is 112 Å². The van der Waals surface area contributed by atoms with Crippen molar-refractivity contribution in [1.29, 1.82) is 0 Å². The zero-order valence-electron chi connectivity index (χ0n) is 11.1. The van der Waals surface area contributed by atoms with E-state index in [0.717, 1.165) is 18.4 Å². The van der Waals surface area contributed by atoms with Gasteiger partial charge in [-0.15, -0.1) is 0 Å². The second-order valence-corrected chi connectivity index (χ2v) is 4.27. The Morgan fingerprint density at radius 1 is 1.32 bits per heavy atom. The molecule has 1 aliphatic rings. The highest BCUT2D eigenvalue weighted by molar-refractivity contribution is 5.92. The van der Waals surface area contributed by atoms with Crippen molar-refractivity contribution in [1.82, 2.24) is 0 Å². The van der Waals surface area contributed by atoms with Crippen molar-refractivity contribution in [3.8, 4) is 0 Å². The predicted molar refractivity (Wildman–Crippen MR) is 72.7 cm³/mol. The molecular weight excluding hydrogens is 244 g/mol. The molecule has 0 radical (unpaired) electrons. The van der Waals surface area contributed by atoms with Crippen LogP contribution in [-0.2, 0) is 9.59 Å². The molecule has 0 amide bonds. The zero-order chi connectivity index (χ0) is 14.4. The van der Waals surface area contributed by atoms with Gasteiger partial charge in [0.1, 0.15) is 5.92 Å². The number of allylic oxidation sites excluding steroid dienone is 4. The third-order valence-corrected chi connectivity index (χ3v) is 2.89. The van der Waals surface area contributed by atoms with Gasteiger partial charge < -0.3 is 10.2 Å². The maximum absolute atomic E-state index is 11.2. The Morgan fingerprint density at radius 3 is 2.47 bits per heavy atom. The summed E-state index contributed by atoms with van der Waals surface area (Å²) in [5, 5.41) is 18.1. The van der Waals surface area contributed by atoms with Crippen molar-refractivity contribution in [2.24, 2.45) is 5.92 Å². The smallest absolute Gasteiger partial charge is 0.335 e. The highest BCUT2D eigenvalue weighted by Gasteiger charge is 2.23. The molecule has 102 valence electrons. The van der Waals surface area contributed by atoms with Crippen LogP contribution in [0.4, 0.5) is 0 Å². The topological polar surface area (TPSA) is 74.6 Å². The summed E-state index contributed by atoms with van der Waals surface area (Å²) >= 11 is 0. The molecule has 4 heteroatoms. The van der Waals surface area contributed by atoms with Crippen LogP contribution in [0.2, 0.25) is 0 Å². The quantitative estimate of drug-likeness (QED) is 0.798. The lowest BCUT2D eigenvalue weighted by Gasteiger charge is -2.15. The third-order valence-electron chi connectivity index (χ3n) is 2.89. The summed E-state index contributed by atoms with van der Waals surface area (Å²) in [6.07, 6.45) is 9.61. The van der Waals surface area contributed by atoms with Gasteiger partial charge in [0.05, 0.1) is 5.57 Å². The van der Waals surface area contributed by atoms with Gasteiger partial charge in [-0.25, -0.2) is 4.79 Å². The van der Waals surface area contributed by atoms with E-state index in [1.165, 1.54) is 18.2 Å². The summed E-state index contributed by atoms with van der Waals surface area (Å²) in [5.41, 5.74) is 1.63. The van der Waals surface area contributed by atoms with Gasteiger partial charge in [0, 0.05) is 0 Å². The van der Waals surface area contributed by atoms with Crippen LogP contribution in [-0.4, -0.2) is 22.2 Å². The average molecular weight is 262 g/mol. The molecule has 0 saturated heterocycles. The highest BCUT2D eigenvalue weighted by Crippen LogP contribution is 2.25. The van der Waals surface area contributed by atoms with Crippen molar-refractivity contribution < 1.29 is 19.8 Å². The van der Waals surface area contributed by atoms with Crippen molar-refractivity contribution in [3.05, 3.63) is 47.1 Å². The van der Waals surface area contributed by atoms with E-state index in [2.05, 4.69) is 0 Å². The van der Waals surface area contributed by atoms with E-state index in [4.69, 9.17) is 10.2 Å². The number of carboxylic acids is 2. The van der Waals surface area contributed by atoms with Crippen molar-refractivity contribution in [2.75, 3.05) is 0 Å². The molecule has 0 heterocycles. The lowest BCUT2D eigenvalue weighted by molar-refractivity contribution is -0.139. The van der Waals surface area contributed by atoms with E-state index in [9.17, 15) is 9.59 Å². The molecule has 4 nitrogen and oxygen atoms in total. The minimum atomic E-state index is -1.05. The fraction of sp³-hybridized carbons (Fsp3) is 0.333. The van der Waals surface area contributed by atoms with Crippen LogP contribution in [0.5, 0.6) is 0 Å². The lowest BCUT2D eigenvalue weighted by Crippen LogP contribution is -2.17. The van der Waals surface area contributed by atoms with Crippen LogP contribution < -0.4 is 0 Å². The van der Waals surface area contributed by atoms with Gasteiger partial charge in [-0.1, -0.05) is 43.7 Å². The average Bonchev–Trinajstić information content (AvgIpc) is 2.37. The van der Waals surface area contributed by atoms with Gasteiger partial charge in [0.2, 0.25) is 0 Å². The van der Waals surface area contributed by atoms with E-state index in [1.807, 2.05) is 19.9 Å². The Kier molecular flexibility index (Phi) is 5.30. The van der Waals surface area contributed by atoms with Gasteiger partial charge in [0.15, 0.2) is 0 Å². The van der Waals surface area contributed by atoms with Crippen LogP contribution >= 0.6 is 0 Å². The molecule has 1 rings (SSSR count). The van der Waals surface area contributed by atoms with Crippen molar-refractivity contribution >= 4 is 11.9 Å². The van der Waals surface area contributed by atoms with Gasteiger partial charge in [-0.2, -0.15) is 0 Å². The molecule has 0 aliphatic heterocycles. The fourth-order valence-corrected chi connectivity index (χ4v) is 1.90. The second-order valence-electron chi connectivity index (χ2n) is 4.27. The molecular formula is C15H18O4. The molecule has 0 spiro atoms. The molecule has 19 heavy (non-hydrogen) atoms. The van der Waals surface area contributed by atoms with E-state index >= 15 is 0 Å². The summed E-state index contributed by atoms with van der Waals surface area (Å²) in [6.45, 7) is 3.98. The second kappa shape index (κ2) is 6.73. The first-order chi connectivity index (χ1) is 8.99. The van der Waals surface area contributed by atoms with Crippen LogP contribution in [0, 0.1) is 5.92 Å². The third kappa shape index (κ3) is 3.95. The van der Waals surface area contributed by atoms with Crippen LogP contribution in [0.1, 0.15) is 26.7 Å². The molecule has 0 aromatic heterocycles. The Morgan fingerprint density at radius 2 is 2.00 bits per heavy atom. The lowest BCUT2D eigenvalue weighted by atomic mass is 9.89. The molecule has 0 saturated carbocycles. The summed E-state index contributed by atoms with van der Waals surface area (Å²) in [4.78, 5) is 22.1. The van der Waals surface area contributed by atoms with Crippen LogP contribution in [0.15, 0.2) is 47.1 Å². The molecule has 1 unspecified atom stereocenters. The summed E-state index contributed by atoms with van der Waals surface area (Å²) < 4.78 is 0. The van der Waals surface area contributed by atoms with Gasteiger partial charge in [-0.05, 0) is 24.5 Å². The van der Waals surface area contributed by atoms with E-state index < -0.39 is 17.9 Å². The van der Waals surface area contributed by atoms with Crippen LogP contribution in [0.3, 0.4) is 0 Å². The first kappa shape index (κ1) is 15.0. The number of aliphatic carboxylic acids is 2. The normalized spacial score (nSPS) is 21.4. The summed E-state index contributed by atoms with van der Waals surface area (Å²) in [7, 11) is 0. The monoisotopic (exact) mass is 262 g/mol. The zero-order valence-corrected chi connectivity index (χ0v) is 11.1. The SMILES string of the molecule is CCC=C(C=C1C=C(C(=O)O)C=CC1C(=O)O)CC. The number of hydrogen-bond acceptors (Lipinski definition) is 2. The largest absolute Gasteiger partial charge is 0.481 e. The van der Waals surface area contributed by atoms with Gasteiger partial charge in [0.25, 0.3) is 0 Å². The predicted octanol–water partition coefficient (Wildman–Crippen LogP) is 2.94. The molecule has 0 aromatic rings. The number of carbonyl (C=O) groups is 2. The fourth-order valence-electron chi connectivity index (χ4n) is 1.90. The van der Waals surface area contributed by atoms with Crippen molar-refractivity contribution in [2.45, 2.75) is 26.7 Å². The summed E-state index contributed by atoms with van der Waals surface area (Å²) in [6, 6.07) is 0. The molecule has 0 aromatic carbocycles. The molecule has 0 fully saturated rings. The molecule has 0 bridgehead atoms. The molecule has 1 atom stereocenters. The first-order valence-corrected chi connectivity index (χ1v) is 6.26. The minimum absolute atomic E-state index is 0.107. The standard InChI is InChI=1S/C15H18O4/c1-3-5-10(4-2)8-12-9-11(14(16)17)6-7-13(12)15(18)19/h5-9,13H,3-4H2,1-2H3,(H,16,17)(H,18,19). The number of carboxylic acid groups (broad SMARTS) is 2. The number of hydrogen-bond donors (Lipinski definition) is 2. The maximum atomic E-state index is 11.2. The maximum Gasteiger partial charge on any atom is 0.335 e. The highest BCUT2D eigenvalue weighted by atomic mass is 16.4. The molecule has 2 N–H and O–H groups in total. The Balaban J connectivity index is 3.20. The Bertz CT molecular complexity index is 492. The van der Waals surface area contributed by atoms with Crippen LogP contribution in [0.25, 0.3) is 0 Å². The Hall–Kier alpha value is -2.10. The van der Waals surface area contributed by atoms with E-state index in [0.29, 0.717) is 5.57 Å². The first-order valence-electron chi connectivity index (χ1n) is 6.26. The van der Waals surface area contributed by atoms with Gasteiger partial charge >= 0.3 is 11.9 Å². The number of rotatable bonds is 5. The van der Waals surface area contributed by atoms with E-state index in [1.54, 1.807) is 6.08 Å². The van der Waals surface area contributed by atoms with E-state index in [-0.39, 0.29) is 5.57 Å². The van der Waals surface area contributed by atoms with Gasteiger partial charge in [-0.3, -0.25) is 4.79 Å². The molecule has 1 aliphatic carbocycles.